The maximum Gasteiger partial charge on any atom is 0.317 e. The van der Waals surface area contributed by atoms with E-state index in [0.717, 1.165) is 11.1 Å². The topological polar surface area (TPSA) is 99.8 Å². The lowest BCUT2D eigenvalue weighted by Crippen LogP contribution is -2.54. The Kier molecular flexibility index (Phi) is 8.69. The molecular weight excluding hydrogens is 420 g/mol. The summed E-state index contributed by atoms with van der Waals surface area (Å²) in [6.07, 6.45) is 1.69. The summed E-state index contributed by atoms with van der Waals surface area (Å²) in [5.74, 6) is 0.218. The maximum atomic E-state index is 12.9. The van der Waals surface area contributed by atoms with Crippen LogP contribution in [0.4, 0.5) is 4.79 Å². The molecule has 1 fully saturated rings. The third-order valence-corrected chi connectivity index (χ3v) is 5.68. The van der Waals surface area contributed by atoms with Crippen LogP contribution in [-0.4, -0.2) is 55.0 Å². The molecule has 33 heavy (non-hydrogen) atoms. The first-order valence-electron chi connectivity index (χ1n) is 11.2. The molecule has 0 radical (unpaired) electrons. The average molecular weight is 453 g/mol. The number of benzene rings is 2. The van der Waals surface area contributed by atoms with Gasteiger partial charge in [-0.3, -0.25) is 9.59 Å². The van der Waals surface area contributed by atoms with Crippen molar-refractivity contribution < 1.29 is 19.1 Å². The Hall–Kier alpha value is -3.55. The number of carbonyl (C=O) groups excluding carboxylic acids is 3. The molecule has 1 atom stereocenters. The third kappa shape index (κ3) is 7.52. The second kappa shape index (κ2) is 11.9. The summed E-state index contributed by atoms with van der Waals surface area (Å²) in [4.78, 5) is 38.8. The highest BCUT2D eigenvalue weighted by molar-refractivity contribution is 5.87. The Bertz CT molecular complexity index is 942. The molecule has 0 bridgehead atoms. The fourth-order valence-electron chi connectivity index (χ4n) is 3.90. The molecule has 8 heteroatoms. The van der Waals surface area contributed by atoms with E-state index in [1.54, 1.807) is 12.0 Å². The van der Waals surface area contributed by atoms with Gasteiger partial charge < -0.3 is 25.6 Å². The summed E-state index contributed by atoms with van der Waals surface area (Å²) in [5.41, 5.74) is 1.95. The van der Waals surface area contributed by atoms with E-state index < -0.39 is 6.04 Å². The summed E-state index contributed by atoms with van der Waals surface area (Å²) in [6.45, 7) is 3.01. The molecule has 1 heterocycles. The van der Waals surface area contributed by atoms with E-state index in [1.165, 1.54) is 6.92 Å². The van der Waals surface area contributed by atoms with Crippen LogP contribution in [0.5, 0.6) is 5.75 Å². The number of nitrogens with zero attached hydrogens (tertiary/aromatic N) is 1. The Labute approximate surface area is 194 Å². The minimum Gasteiger partial charge on any atom is -0.497 e. The van der Waals surface area contributed by atoms with Crippen LogP contribution in [-0.2, 0) is 22.6 Å². The molecule has 1 aliphatic rings. The SMILES string of the molecule is COc1cccc(C[C@@H](NC(C)=O)C(=O)NC2CCN(C(=O)NCc3ccccc3)CC2)c1. The van der Waals surface area contributed by atoms with Gasteiger partial charge in [0.05, 0.1) is 7.11 Å². The summed E-state index contributed by atoms with van der Waals surface area (Å²) >= 11 is 0. The summed E-state index contributed by atoms with van der Waals surface area (Å²) in [6, 6.07) is 16.4. The van der Waals surface area contributed by atoms with E-state index in [2.05, 4.69) is 16.0 Å². The van der Waals surface area contributed by atoms with Crippen molar-refractivity contribution in [2.45, 2.75) is 44.8 Å². The number of methoxy groups -OCH3 is 1. The van der Waals surface area contributed by atoms with Crippen LogP contribution in [0.1, 0.15) is 30.9 Å². The van der Waals surface area contributed by atoms with Crippen molar-refractivity contribution >= 4 is 17.8 Å². The molecule has 3 N–H and O–H groups in total. The van der Waals surface area contributed by atoms with Crippen LogP contribution >= 0.6 is 0 Å². The molecule has 0 aliphatic carbocycles. The third-order valence-electron chi connectivity index (χ3n) is 5.68. The molecule has 176 valence electrons. The quantitative estimate of drug-likeness (QED) is 0.572. The van der Waals surface area contributed by atoms with Gasteiger partial charge in [0.1, 0.15) is 11.8 Å². The van der Waals surface area contributed by atoms with E-state index in [1.807, 2.05) is 54.6 Å². The number of urea groups is 1. The molecule has 0 spiro atoms. The van der Waals surface area contributed by atoms with Crippen molar-refractivity contribution in [2.24, 2.45) is 0 Å². The fraction of sp³-hybridized carbons (Fsp3) is 0.400. The lowest BCUT2D eigenvalue weighted by atomic mass is 10.0. The van der Waals surface area contributed by atoms with Crippen LogP contribution in [0.2, 0.25) is 0 Å². The maximum absolute atomic E-state index is 12.9. The minimum atomic E-state index is -0.679. The first-order chi connectivity index (χ1) is 15.9. The predicted molar refractivity (Wildman–Crippen MR) is 126 cm³/mol. The van der Waals surface area contributed by atoms with Gasteiger partial charge in [-0.1, -0.05) is 42.5 Å². The van der Waals surface area contributed by atoms with Gasteiger partial charge in [-0.25, -0.2) is 4.79 Å². The zero-order valence-corrected chi connectivity index (χ0v) is 19.2. The lowest BCUT2D eigenvalue weighted by Gasteiger charge is -2.33. The molecule has 2 aromatic rings. The van der Waals surface area contributed by atoms with Crippen molar-refractivity contribution in [3.05, 3.63) is 65.7 Å². The molecule has 1 aliphatic heterocycles. The van der Waals surface area contributed by atoms with E-state index in [-0.39, 0.29) is 23.9 Å². The van der Waals surface area contributed by atoms with Gasteiger partial charge in [0, 0.05) is 39.0 Å². The molecule has 8 nitrogen and oxygen atoms in total. The van der Waals surface area contributed by atoms with Crippen LogP contribution < -0.4 is 20.7 Å². The van der Waals surface area contributed by atoms with Gasteiger partial charge >= 0.3 is 6.03 Å². The highest BCUT2D eigenvalue weighted by atomic mass is 16.5. The number of amides is 4. The summed E-state index contributed by atoms with van der Waals surface area (Å²) in [5, 5.41) is 8.74. The van der Waals surface area contributed by atoms with Gasteiger partial charge in [0.2, 0.25) is 11.8 Å². The molecule has 4 amide bonds. The van der Waals surface area contributed by atoms with E-state index >= 15 is 0 Å². The standard InChI is InChI=1S/C25H32N4O4/c1-18(30)27-23(16-20-9-6-10-22(15-20)33-2)24(31)28-21-11-13-29(14-12-21)25(32)26-17-19-7-4-3-5-8-19/h3-10,15,21,23H,11-14,16-17H2,1-2H3,(H,26,32)(H,27,30)(H,28,31)/t23-/m1/s1. The second-order valence-corrected chi connectivity index (χ2v) is 8.22. The van der Waals surface area contributed by atoms with Crippen LogP contribution in [0.15, 0.2) is 54.6 Å². The zero-order valence-electron chi connectivity index (χ0n) is 19.2. The van der Waals surface area contributed by atoms with Crippen molar-refractivity contribution in [1.82, 2.24) is 20.9 Å². The molecule has 0 unspecified atom stereocenters. The van der Waals surface area contributed by atoms with Crippen molar-refractivity contribution in [2.75, 3.05) is 20.2 Å². The molecule has 0 saturated carbocycles. The molecule has 3 rings (SSSR count). The Balaban J connectivity index is 1.49. The molecule has 1 saturated heterocycles. The van der Waals surface area contributed by atoms with E-state index in [9.17, 15) is 14.4 Å². The molecular formula is C25H32N4O4. The van der Waals surface area contributed by atoms with Crippen LogP contribution in [0, 0.1) is 0 Å². The summed E-state index contributed by atoms with van der Waals surface area (Å²) in [7, 11) is 1.59. The fourth-order valence-corrected chi connectivity index (χ4v) is 3.90. The first-order valence-corrected chi connectivity index (χ1v) is 11.2. The van der Waals surface area contributed by atoms with Gasteiger partial charge in [0.25, 0.3) is 0 Å². The lowest BCUT2D eigenvalue weighted by molar-refractivity contribution is -0.128. The molecule has 0 aromatic heterocycles. The van der Waals surface area contributed by atoms with Gasteiger partial charge in [-0.2, -0.15) is 0 Å². The number of carbonyl (C=O) groups is 3. The monoisotopic (exact) mass is 452 g/mol. The Morgan fingerprint density at radius 1 is 1.03 bits per heavy atom. The second-order valence-electron chi connectivity index (χ2n) is 8.22. The largest absolute Gasteiger partial charge is 0.497 e. The highest BCUT2D eigenvalue weighted by Crippen LogP contribution is 2.15. The number of hydrogen-bond donors (Lipinski definition) is 3. The van der Waals surface area contributed by atoms with Gasteiger partial charge in [0.15, 0.2) is 0 Å². The Morgan fingerprint density at radius 3 is 2.39 bits per heavy atom. The number of rotatable bonds is 8. The number of hydrogen-bond acceptors (Lipinski definition) is 4. The number of ether oxygens (including phenoxy) is 1. The smallest absolute Gasteiger partial charge is 0.317 e. The van der Waals surface area contributed by atoms with Crippen molar-refractivity contribution in [1.29, 1.82) is 0 Å². The normalized spacial score (nSPS) is 14.8. The minimum absolute atomic E-state index is 0.0442. The number of piperidine rings is 1. The van der Waals surface area contributed by atoms with Crippen molar-refractivity contribution in [3.8, 4) is 5.75 Å². The van der Waals surface area contributed by atoms with Gasteiger partial charge in [-0.15, -0.1) is 0 Å². The predicted octanol–water partition coefficient (Wildman–Crippen LogP) is 2.23. The first kappa shape index (κ1) is 24.1. The average Bonchev–Trinajstić information content (AvgIpc) is 2.83. The Morgan fingerprint density at radius 2 is 1.73 bits per heavy atom. The van der Waals surface area contributed by atoms with E-state index in [0.29, 0.717) is 44.6 Å². The molecule has 2 aromatic carbocycles. The zero-order chi connectivity index (χ0) is 23.6. The number of likely N-dealkylation sites (tertiary alicyclic amines) is 1. The van der Waals surface area contributed by atoms with E-state index in [4.69, 9.17) is 4.74 Å². The highest BCUT2D eigenvalue weighted by Gasteiger charge is 2.27. The van der Waals surface area contributed by atoms with Crippen molar-refractivity contribution in [3.63, 3.8) is 0 Å². The number of nitrogens with one attached hydrogen (secondary N) is 3. The van der Waals surface area contributed by atoms with Crippen LogP contribution in [0.25, 0.3) is 0 Å². The van der Waals surface area contributed by atoms with Gasteiger partial charge in [-0.05, 0) is 36.1 Å². The van der Waals surface area contributed by atoms with Crippen LogP contribution in [0.3, 0.4) is 0 Å². The summed E-state index contributed by atoms with van der Waals surface area (Å²) < 4.78 is 5.25.